The lowest BCUT2D eigenvalue weighted by atomic mass is 9.85. The Labute approximate surface area is 245 Å². The smallest absolute Gasteiger partial charge is 0.347 e. The molecule has 0 spiro atoms. The predicted octanol–water partition coefficient (Wildman–Crippen LogP) is 8.22. The molecule has 0 unspecified atom stereocenters. The van der Waals surface area contributed by atoms with Crippen molar-refractivity contribution in [1.82, 2.24) is 0 Å². The number of esters is 1. The molecule has 7 heteroatoms. The van der Waals surface area contributed by atoms with Crippen molar-refractivity contribution in [2.45, 2.75) is 39.8 Å². The van der Waals surface area contributed by atoms with Crippen molar-refractivity contribution in [2.75, 3.05) is 19.5 Å². The molecule has 0 saturated carbocycles. The van der Waals surface area contributed by atoms with E-state index in [1.54, 1.807) is 49.6 Å². The number of carbonyl (C=O) groups is 1. The Bertz CT molecular complexity index is 1690. The molecule has 1 aliphatic rings. The van der Waals surface area contributed by atoms with Gasteiger partial charge in [0.1, 0.15) is 41.0 Å². The second-order valence-corrected chi connectivity index (χ2v) is 10.8. The molecule has 5 rings (SSSR count). The van der Waals surface area contributed by atoms with Gasteiger partial charge in [-0.25, -0.2) is 9.18 Å². The van der Waals surface area contributed by atoms with Crippen LogP contribution in [-0.2, 0) is 6.61 Å². The first kappa shape index (κ1) is 28.7. The van der Waals surface area contributed by atoms with Gasteiger partial charge < -0.3 is 24.3 Å². The van der Waals surface area contributed by atoms with Gasteiger partial charge in [-0.1, -0.05) is 30.3 Å². The van der Waals surface area contributed by atoms with Crippen LogP contribution in [0.3, 0.4) is 0 Å². The van der Waals surface area contributed by atoms with Gasteiger partial charge in [0.15, 0.2) is 0 Å². The minimum absolute atomic E-state index is 0.198. The summed E-state index contributed by atoms with van der Waals surface area (Å²) in [5, 5.41) is 3.60. The summed E-state index contributed by atoms with van der Waals surface area (Å²) in [6.45, 7) is 8.41. The Morgan fingerprint density at radius 2 is 1.60 bits per heavy atom. The van der Waals surface area contributed by atoms with Crippen molar-refractivity contribution in [3.63, 3.8) is 0 Å². The highest BCUT2D eigenvalue weighted by atomic mass is 19.1. The summed E-state index contributed by atoms with van der Waals surface area (Å²) < 4.78 is 37.1. The first-order valence-electron chi connectivity index (χ1n) is 13.7. The first-order chi connectivity index (χ1) is 20.1. The lowest BCUT2D eigenvalue weighted by Crippen LogP contribution is -2.32. The summed E-state index contributed by atoms with van der Waals surface area (Å²) in [6.07, 6.45) is 2.19. The number of allylic oxidation sites excluding steroid dienone is 1. The molecule has 42 heavy (non-hydrogen) atoms. The topological polar surface area (TPSA) is 66.0 Å². The van der Waals surface area contributed by atoms with Gasteiger partial charge in [0, 0.05) is 34.5 Å². The number of benzene rings is 4. The zero-order valence-electron chi connectivity index (χ0n) is 24.6. The molecule has 4 aromatic rings. The number of carbonyl (C=O) groups excluding carboxylic acids is 1. The average molecular weight is 568 g/mol. The first-order valence-corrected chi connectivity index (χ1v) is 13.7. The Morgan fingerprint density at radius 3 is 2.36 bits per heavy atom. The molecule has 0 aromatic heterocycles. The van der Waals surface area contributed by atoms with E-state index in [4.69, 9.17) is 18.9 Å². The Kier molecular flexibility index (Phi) is 7.94. The number of rotatable bonds is 8. The van der Waals surface area contributed by atoms with Gasteiger partial charge in [-0.05, 0) is 80.8 Å². The van der Waals surface area contributed by atoms with Crippen LogP contribution >= 0.6 is 0 Å². The maximum atomic E-state index is 14.1. The molecule has 6 nitrogen and oxygen atoms in total. The normalized spacial score (nSPS) is 13.4. The third-order valence-corrected chi connectivity index (χ3v) is 7.26. The largest absolute Gasteiger partial charge is 0.496 e. The number of hydrogen-bond donors (Lipinski definition) is 1. The van der Waals surface area contributed by atoms with E-state index in [-0.39, 0.29) is 18.0 Å². The van der Waals surface area contributed by atoms with E-state index in [0.717, 1.165) is 39.1 Å². The highest BCUT2D eigenvalue weighted by molar-refractivity contribution is 5.94. The molecular weight excluding hydrogens is 533 g/mol. The van der Waals surface area contributed by atoms with Crippen molar-refractivity contribution in [3.8, 4) is 34.1 Å². The van der Waals surface area contributed by atoms with Crippen LogP contribution in [0.15, 0.2) is 78.9 Å². The van der Waals surface area contributed by atoms with E-state index in [2.05, 4.69) is 38.2 Å². The van der Waals surface area contributed by atoms with Gasteiger partial charge in [-0.2, -0.15) is 0 Å². The van der Waals surface area contributed by atoms with E-state index in [1.807, 2.05) is 19.1 Å². The Hall–Kier alpha value is -4.78. The summed E-state index contributed by atoms with van der Waals surface area (Å²) in [6, 6.07) is 20.8. The predicted molar refractivity (Wildman–Crippen MR) is 163 cm³/mol. The Morgan fingerprint density at radius 1 is 0.857 bits per heavy atom. The molecule has 0 amide bonds. The fourth-order valence-electron chi connectivity index (χ4n) is 5.41. The summed E-state index contributed by atoms with van der Waals surface area (Å²) >= 11 is 0. The minimum Gasteiger partial charge on any atom is -0.496 e. The monoisotopic (exact) mass is 567 g/mol. The molecule has 1 aliphatic heterocycles. The van der Waals surface area contributed by atoms with Gasteiger partial charge in [-0.3, -0.25) is 0 Å². The van der Waals surface area contributed by atoms with Gasteiger partial charge in [0.2, 0.25) is 0 Å². The standard InChI is InChI=1S/C35H34FNO5/c1-21-11-12-23(36)17-31(21)41-20-28-25(15-16-29-33(28)22(2)19-35(3,4)37-29)26-14-13-24(18-32(26)40-6)42-34(38)27-9-7-8-10-30(27)39-5/h7-19,37H,20H2,1-6H3. The summed E-state index contributed by atoms with van der Waals surface area (Å²) in [7, 11) is 3.08. The number of hydrogen-bond acceptors (Lipinski definition) is 6. The van der Waals surface area contributed by atoms with E-state index >= 15 is 0 Å². The zero-order chi connectivity index (χ0) is 30.0. The summed E-state index contributed by atoms with van der Waals surface area (Å²) in [4.78, 5) is 12.9. The Balaban J connectivity index is 1.56. The van der Waals surface area contributed by atoms with Crippen LogP contribution in [0.5, 0.6) is 23.0 Å². The van der Waals surface area contributed by atoms with Gasteiger partial charge >= 0.3 is 5.97 Å². The van der Waals surface area contributed by atoms with Crippen molar-refractivity contribution in [1.29, 1.82) is 0 Å². The fraction of sp³-hybridized carbons (Fsp3) is 0.229. The molecular formula is C35H34FNO5. The van der Waals surface area contributed by atoms with Crippen molar-refractivity contribution in [3.05, 3.63) is 107 Å². The second-order valence-electron chi connectivity index (χ2n) is 10.8. The third kappa shape index (κ3) is 5.81. The molecule has 0 radical (unpaired) electrons. The number of fused-ring (bicyclic) bond motifs is 1. The van der Waals surface area contributed by atoms with Gasteiger partial charge in [0.25, 0.3) is 0 Å². The van der Waals surface area contributed by atoms with E-state index < -0.39 is 5.97 Å². The van der Waals surface area contributed by atoms with E-state index in [0.29, 0.717) is 28.6 Å². The number of ether oxygens (including phenoxy) is 4. The lowest BCUT2D eigenvalue weighted by Gasteiger charge is -2.33. The molecule has 1 heterocycles. The molecule has 0 atom stereocenters. The summed E-state index contributed by atoms with van der Waals surface area (Å²) in [5.41, 5.74) is 6.66. The molecule has 1 N–H and O–H groups in total. The van der Waals surface area contributed by atoms with Gasteiger partial charge in [-0.15, -0.1) is 0 Å². The fourth-order valence-corrected chi connectivity index (χ4v) is 5.41. The van der Waals surface area contributed by atoms with Crippen LogP contribution in [0.4, 0.5) is 10.1 Å². The molecule has 0 bridgehead atoms. The molecule has 4 aromatic carbocycles. The molecule has 0 aliphatic carbocycles. The van der Waals surface area contributed by atoms with Crippen LogP contribution in [0.1, 0.15) is 47.8 Å². The average Bonchev–Trinajstić information content (AvgIpc) is 2.96. The van der Waals surface area contributed by atoms with Crippen molar-refractivity contribution >= 4 is 17.2 Å². The quantitative estimate of drug-likeness (QED) is 0.171. The maximum Gasteiger partial charge on any atom is 0.347 e. The van der Waals surface area contributed by atoms with E-state index in [9.17, 15) is 9.18 Å². The maximum absolute atomic E-state index is 14.1. The van der Waals surface area contributed by atoms with Crippen molar-refractivity contribution in [2.24, 2.45) is 0 Å². The number of aryl methyl sites for hydroxylation is 1. The highest BCUT2D eigenvalue weighted by Crippen LogP contribution is 2.43. The van der Waals surface area contributed by atoms with E-state index in [1.165, 1.54) is 19.2 Å². The molecule has 0 fully saturated rings. The molecule has 0 saturated heterocycles. The SMILES string of the molecule is COc1ccccc1C(=O)Oc1ccc(-c2ccc3c(c2COc2cc(F)ccc2C)C(C)=CC(C)(C)N3)c(OC)c1. The van der Waals surface area contributed by atoms with Gasteiger partial charge in [0.05, 0.1) is 19.8 Å². The van der Waals surface area contributed by atoms with Crippen LogP contribution < -0.4 is 24.3 Å². The number of nitrogens with one attached hydrogen (secondary N) is 1. The zero-order valence-corrected chi connectivity index (χ0v) is 24.6. The number of halogens is 1. The number of anilines is 1. The van der Waals surface area contributed by atoms with Crippen LogP contribution in [0, 0.1) is 12.7 Å². The lowest BCUT2D eigenvalue weighted by molar-refractivity contribution is 0.0731. The molecule has 216 valence electrons. The van der Waals surface area contributed by atoms with Crippen molar-refractivity contribution < 1.29 is 28.1 Å². The number of methoxy groups -OCH3 is 2. The minimum atomic E-state index is -0.537. The summed E-state index contributed by atoms with van der Waals surface area (Å²) in [5.74, 6) is 0.870. The second kappa shape index (κ2) is 11.6. The third-order valence-electron chi connectivity index (χ3n) is 7.26. The number of para-hydroxylation sites is 1. The van der Waals surface area contributed by atoms with Crippen LogP contribution in [-0.4, -0.2) is 25.7 Å². The van der Waals surface area contributed by atoms with Crippen LogP contribution in [0.25, 0.3) is 16.7 Å². The highest BCUT2D eigenvalue weighted by Gasteiger charge is 2.27. The van der Waals surface area contributed by atoms with Crippen LogP contribution in [0.2, 0.25) is 0 Å².